The van der Waals surface area contributed by atoms with Crippen LogP contribution < -0.4 is 11.1 Å². The number of carbonyl (C=O) groups excluding carboxylic acids is 1. The number of imidazole rings is 1. The molecule has 0 aromatic carbocycles. The number of amides is 1. The number of carbonyl (C=O) groups is 1. The molecule has 26 heavy (non-hydrogen) atoms. The summed E-state index contributed by atoms with van der Waals surface area (Å²) in [5.74, 6) is 0.0600. The van der Waals surface area contributed by atoms with Gasteiger partial charge >= 0.3 is 0 Å². The van der Waals surface area contributed by atoms with E-state index in [2.05, 4.69) is 20.3 Å². The van der Waals surface area contributed by atoms with Gasteiger partial charge in [-0.3, -0.25) is 9.36 Å². The van der Waals surface area contributed by atoms with Gasteiger partial charge in [-0.15, -0.1) is 0 Å². The van der Waals surface area contributed by atoms with Crippen molar-refractivity contribution in [2.75, 3.05) is 11.9 Å². The van der Waals surface area contributed by atoms with E-state index in [4.69, 9.17) is 22.1 Å². The summed E-state index contributed by atoms with van der Waals surface area (Å²) in [6.45, 7) is 2.54. The number of hydrogen-bond donors (Lipinski definition) is 4. The number of aromatic nitrogens is 4. The highest BCUT2D eigenvalue weighted by atomic mass is 35.5. The molecule has 2 unspecified atom stereocenters. The van der Waals surface area contributed by atoms with E-state index in [-0.39, 0.29) is 11.7 Å². The normalized spacial score (nSPS) is 25.7. The number of nitrogens with zero attached hydrogens (tertiary/aromatic N) is 4. The number of hydrogen-bond acceptors (Lipinski definition) is 8. The van der Waals surface area contributed by atoms with Gasteiger partial charge in [-0.2, -0.15) is 9.97 Å². The molecule has 0 saturated carbocycles. The molecule has 4 atom stereocenters. The molecule has 0 spiro atoms. The average Bonchev–Trinajstić information content (AvgIpc) is 3.11. The van der Waals surface area contributed by atoms with Crippen LogP contribution in [0.4, 0.5) is 5.82 Å². The molecule has 5 N–H and O–H groups in total. The molecule has 0 bridgehead atoms. The van der Waals surface area contributed by atoms with E-state index in [9.17, 15) is 15.0 Å². The van der Waals surface area contributed by atoms with E-state index in [1.54, 1.807) is 0 Å². The Morgan fingerprint density at radius 2 is 2.19 bits per heavy atom. The fourth-order valence-corrected chi connectivity index (χ4v) is 3.21. The van der Waals surface area contributed by atoms with Crippen molar-refractivity contribution in [1.82, 2.24) is 19.5 Å². The molecule has 1 aliphatic rings. The number of ether oxygens (including phenoxy) is 1. The lowest BCUT2D eigenvalue weighted by molar-refractivity contribution is -0.118. The summed E-state index contributed by atoms with van der Waals surface area (Å²) in [6.07, 6.45) is -1.29. The third-order valence-electron chi connectivity index (χ3n) is 4.26. The molecule has 0 aliphatic carbocycles. The molecule has 3 rings (SSSR count). The van der Waals surface area contributed by atoms with E-state index in [0.717, 1.165) is 0 Å². The van der Waals surface area contributed by atoms with E-state index in [0.29, 0.717) is 36.4 Å². The van der Waals surface area contributed by atoms with Gasteiger partial charge in [0.2, 0.25) is 11.2 Å². The largest absolute Gasteiger partial charge is 0.388 e. The second-order valence-corrected chi connectivity index (χ2v) is 6.44. The van der Waals surface area contributed by atoms with Crippen LogP contribution >= 0.6 is 11.6 Å². The van der Waals surface area contributed by atoms with Gasteiger partial charge in [0.15, 0.2) is 23.2 Å². The monoisotopic (exact) mass is 384 g/mol. The Kier molecular flexibility index (Phi) is 5.56. The molecule has 2 aromatic rings. The summed E-state index contributed by atoms with van der Waals surface area (Å²) in [6, 6.07) is 0. The zero-order valence-corrected chi connectivity index (χ0v) is 14.9. The number of primary amides is 1. The maximum atomic E-state index is 10.9. The van der Waals surface area contributed by atoms with Crippen molar-refractivity contribution in [1.29, 1.82) is 0 Å². The molecule has 1 saturated heterocycles. The first kappa shape index (κ1) is 18.8. The molecule has 0 radical (unpaired) electrons. The number of halogens is 1. The summed E-state index contributed by atoms with van der Waals surface area (Å²) in [5, 5.41) is 23.7. The second-order valence-electron chi connectivity index (χ2n) is 6.10. The Labute approximate surface area is 154 Å². The van der Waals surface area contributed by atoms with Crippen molar-refractivity contribution >= 4 is 34.5 Å². The van der Waals surface area contributed by atoms with Crippen molar-refractivity contribution in [3.8, 4) is 0 Å². The van der Waals surface area contributed by atoms with Gasteiger partial charge in [0.1, 0.15) is 12.2 Å². The van der Waals surface area contributed by atoms with Gasteiger partial charge in [-0.25, -0.2) is 4.98 Å². The number of fused-ring (bicyclic) bond motifs is 1. The maximum Gasteiger partial charge on any atom is 0.226 e. The molecule has 1 aliphatic heterocycles. The van der Waals surface area contributed by atoms with Crippen LogP contribution in [0.5, 0.6) is 0 Å². The second kappa shape index (κ2) is 7.70. The lowest BCUT2D eigenvalue weighted by Crippen LogP contribution is -2.31. The number of rotatable bonds is 7. The van der Waals surface area contributed by atoms with Crippen LogP contribution in [0.3, 0.4) is 0 Å². The Balaban J connectivity index is 1.85. The molecule has 142 valence electrons. The van der Waals surface area contributed by atoms with E-state index >= 15 is 0 Å². The number of aliphatic hydroxyl groups is 2. The predicted molar refractivity (Wildman–Crippen MR) is 93.5 cm³/mol. The minimum absolute atomic E-state index is 0.0289. The van der Waals surface area contributed by atoms with Crippen molar-refractivity contribution in [2.45, 2.75) is 50.7 Å². The highest BCUT2D eigenvalue weighted by molar-refractivity contribution is 6.28. The highest BCUT2D eigenvalue weighted by Crippen LogP contribution is 2.34. The third-order valence-corrected chi connectivity index (χ3v) is 4.43. The third kappa shape index (κ3) is 3.58. The SMILES string of the molecule is CCNc1nc(Cl)nc2c1ncn2[C@@H]1O[C@H](CCCC(N)=O)C(O)C1O. The first-order valence-corrected chi connectivity index (χ1v) is 8.74. The number of nitrogens with one attached hydrogen (secondary N) is 1. The average molecular weight is 385 g/mol. The number of anilines is 1. The van der Waals surface area contributed by atoms with Gasteiger partial charge in [-0.05, 0) is 31.4 Å². The smallest absolute Gasteiger partial charge is 0.226 e. The van der Waals surface area contributed by atoms with Gasteiger partial charge in [0, 0.05) is 13.0 Å². The molecule has 1 amide bonds. The molecule has 2 aromatic heterocycles. The van der Waals surface area contributed by atoms with Crippen molar-refractivity contribution in [2.24, 2.45) is 5.73 Å². The van der Waals surface area contributed by atoms with E-state index in [1.807, 2.05) is 6.92 Å². The Hall–Kier alpha value is -2.01. The molecule has 10 nitrogen and oxygen atoms in total. The summed E-state index contributed by atoms with van der Waals surface area (Å²) in [4.78, 5) is 23.4. The van der Waals surface area contributed by atoms with E-state index < -0.39 is 30.4 Å². The molecular formula is C15H21ClN6O4. The van der Waals surface area contributed by atoms with Crippen LogP contribution in [0.1, 0.15) is 32.4 Å². The van der Waals surface area contributed by atoms with Crippen LogP contribution in [0.2, 0.25) is 5.28 Å². The standard InChI is InChI=1S/C15H21ClN6O4/c1-2-18-12-9-13(21-15(16)20-12)22(6-19-9)14-11(25)10(24)7(26-14)4-3-5-8(17)23/h6-7,10-11,14,24-25H,2-5H2,1H3,(H2,17,23)(H,18,20,21)/t7-,10?,11?,14-/m1/s1. The molecule has 3 heterocycles. The minimum Gasteiger partial charge on any atom is -0.388 e. The van der Waals surface area contributed by atoms with E-state index in [1.165, 1.54) is 10.9 Å². The first-order chi connectivity index (χ1) is 12.4. The Bertz CT molecular complexity index is 800. The Morgan fingerprint density at radius 1 is 1.42 bits per heavy atom. The maximum absolute atomic E-state index is 10.9. The first-order valence-electron chi connectivity index (χ1n) is 8.36. The predicted octanol–water partition coefficient (Wildman–Crippen LogP) is 0.186. The summed E-state index contributed by atoms with van der Waals surface area (Å²) in [7, 11) is 0. The Morgan fingerprint density at radius 3 is 2.88 bits per heavy atom. The van der Waals surface area contributed by atoms with Crippen LogP contribution in [0.15, 0.2) is 6.33 Å². The quantitative estimate of drug-likeness (QED) is 0.494. The van der Waals surface area contributed by atoms with Gasteiger partial charge in [-0.1, -0.05) is 0 Å². The molecule has 11 heteroatoms. The molecule has 1 fully saturated rings. The lowest BCUT2D eigenvalue weighted by atomic mass is 10.0. The van der Waals surface area contributed by atoms with Crippen LogP contribution in [0, 0.1) is 0 Å². The minimum atomic E-state index is -1.18. The van der Waals surface area contributed by atoms with Crippen LogP contribution in [-0.4, -0.2) is 60.5 Å². The number of nitrogens with two attached hydrogens (primary N) is 1. The van der Waals surface area contributed by atoms with Crippen LogP contribution in [-0.2, 0) is 9.53 Å². The van der Waals surface area contributed by atoms with Crippen molar-refractivity contribution in [3.63, 3.8) is 0 Å². The van der Waals surface area contributed by atoms with Crippen molar-refractivity contribution in [3.05, 3.63) is 11.6 Å². The topological polar surface area (TPSA) is 148 Å². The van der Waals surface area contributed by atoms with Gasteiger partial charge in [0.05, 0.1) is 12.4 Å². The highest BCUT2D eigenvalue weighted by Gasteiger charge is 2.44. The summed E-state index contributed by atoms with van der Waals surface area (Å²) >= 11 is 5.99. The van der Waals surface area contributed by atoms with Gasteiger partial charge < -0.3 is 26.0 Å². The zero-order chi connectivity index (χ0) is 18.8. The summed E-state index contributed by atoms with van der Waals surface area (Å²) in [5.41, 5.74) is 5.99. The number of aliphatic hydroxyl groups excluding tert-OH is 2. The van der Waals surface area contributed by atoms with Gasteiger partial charge in [0.25, 0.3) is 0 Å². The summed E-state index contributed by atoms with van der Waals surface area (Å²) < 4.78 is 7.33. The van der Waals surface area contributed by atoms with Crippen LogP contribution in [0.25, 0.3) is 11.2 Å². The zero-order valence-electron chi connectivity index (χ0n) is 14.2. The fourth-order valence-electron chi connectivity index (χ4n) is 3.04. The fraction of sp³-hybridized carbons (Fsp3) is 0.600. The lowest BCUT2D eigenvalue weighted by Gasteiger charge is -2.16. The molecular weight excluding hydrogens is 364 g/mol. The van der Waals surface area contributed by atoms with Crippen molar-refractivity contribution < 1.29 is 19.7 Å².